The van der Waals surface area contributed by atoms with Crippen molar-refractivity contribution in [1.82, 2.24) is 0 Å². The molecule has 1 spiro atoms. The van der Waals surface area contributed by atoms with E-state index in [1.165, 1.54) is 0 Å². The first-order valence-electron chi connectivity index (χ1n) is 6.77. The number of fused-ring (bicyclic) bond motifs is 1. The van der Waals surface area contributed by atoms with Crippen LogP contribution in [0.25, 0.3) is 0 Å². The highest BCUT2D eigenvalue weighted by Crippen LogP contribution is 2.84. The van der Waals surface area contributed by atoms with Gasteiger partial charge in [0.2, 0.25) is 0 Å². The maximum absolute atomic E-state index is 13.3. The SMILES string of the molecule is O=C(OC12CC3CC4CC(O)(C1)C34C2)C(F)(F)S(=O)(=O)O. The Hall–Kier alpha value is -0.800. The van der Waals surface area contributed by atoms with Crippen molar-refractivity contribution in [3.05, 3.63) is 0 Å². The van der Waals surface area contributed by atoms with Crippen molar-refractivity contribution in [3.63, 3.8) is 0 Å². The van der Waals surface area contributed by atoms with Crippen LogP contribution in [0.15, 0.2) is 0 Å². The Morgan fingerprint density at radius 2 is 1.86 bits per heavy atom. The van der Waals surface area contributed by atoms with Gasteiger partial charge in [-0.05, 0) is 37.5 Å². The lowest BCUT2D eigenvalue weighted by molar-refractivity contribution is -0.288. The summed E-state index contributed by atoms with van der Waals surface area (Å²) in [5, 5.41) is 5.54. The summed E-state index contributed by atoms with van der Waals surface area (Å²) >= 11 is 0. The third kappa shape index (κ3) is 1.30. The van der Waals surface area contributed by atoms with Crippen molar-refractivity contribution >= 4 is 16.1 Å². The van der Waals surface area contributed by atoms with Crippen LogP contribution in [0.5, 0.6) is 0 Å². The Morgan fingerprint density at radius 1 is 1.24 bits per heavy atom. The predicted molar refractivity (Wildman–Crippen MR) is 62.8 cm³/mol. The predicted octanol–water partition coefficient (Wildman–Crippen LogP) is 0.704. The zero-order valence-corrected chi connectivity index (χ0v) is 11.7. The number of rotatable bonds is 3. The number of aliphatic hydroxyl groups is 1. The van der Waals surface area contributed by atoms with Crippen molar-refractivity contribution in [2.24, 2.45) is 17.3 Å². The Balaban J connectivity index is 1.61. The molecule has 4 aliphatic carbocycles. The van der Waals surface area contributed by atoms with E-state index in [9.17, 15) is 27.1 Å². The molecule has 0 radical (unpaired) electrons. The first-order chi connectivity index (χ1) is 9.46. The van der Waals surface area contributed by atoms with Crippen LogP contribution >= 0.6 is 0 Å². The van der Waals surface area contributed by atoms with Crippen LogP contribution in [-0.2, 0) is 19.6 Å². The number of halogens is 2. The molecule has 0 aromatic rings. The normalized spacial score (nSPS) is 50.1. The van der Waals surface area contributed by atoms with Crippen molar-refractivity contribution < 1.29 is 36.4 Å². The van der Waals surface area contributed by atoms with Crippen LogP contribution in [0.4, 0.5) is 8.78 Å². The Labute approximate surface area is 119 Å². The van der Waals surface area contributed by atoms with E-state index in [1.54, 1.807) is 0 Å². The van der Waals surface area contributed by atoms with Crippen molar-refractivity contribution in [1.29, 1.82) is 0 Å². The molecular formula is C12H14F2O6S. The minimum absolute atomic E-state index is 0.0697. The van der Waals surface area contributed by atoms with Crippen molar-refractivity contribution in [3.8, 4) is 0 Å². The van der Waals surface area contributed by atoms with Crippen molar-refractivity contribution in [2.45, 2.75) is 48.6 Å². The second-order valence-corrected chi connectivity index (χ2v) is 8.49. The third-order valence-electron chi connectivity index (χ3n) is 6.20. The molecule has 118 valence electrons. The molecule has 0 amide bonds. The molecule has 4 rings (SSSR count). The minimum atomic E-state index is -5.87. The molecule has 5 unspecified atom stereocenters. The molecular weight excluding hydrogens is 310 g/mol. The molecule has 4 saturated carbocycles. The summed E-state index contributed by atoms with van der Waals surface area (Å²) in [4.78, 5) is 11.5. The van der Waals surface area contributed by atoms with Gasteiger partial charge in [0.1, 0.15) is 5.60 Å². The van der Waals surface area contributed by atoms with E-state index in [1.807, 2.05) is 0 Å². The number of carbonyl (C=O) groups is 1. The van der Waals surface area contributed by atoms with Crippen LogP contribution in [0.3, 0.4) is 0 Å². The fourth-order valence-electron chi connectivity index (χ4n) is 5.58. The number of hydrogen-bond acceptors (Lipinski definition) is 5. The molecule has 0 aliphatic heterocycles. The molecule has 4 fully saturated rings. The number of alkyl halides is 2. The fourth-order valence-corrected chi connectivity index (χ4v) is 5.83. The Morgan fingerprint density at radius 3 is 2.33 bits per heavy atom. The van der Waals surface area contributed by atoms with E-state index in [2.05, 4.69) is 0 Å². The maximum Gasteiger partial charge on any atom is 0.465 e. The van der Waals surface area contributed by atoms with Gasteiger partial charge in [-0.3, -0.25) is 4.55 Å². The van der Waals surface area contributed by atoms with Gasteiger partial charge in [0.05, 0.1) is 5.60 Å². The molecule has 4 aliphatic rings. The monoisotopic (exact) mass is 324 g/mol. The Bertz CT molecular complexity index is 663. The zero-order chi connectivity index (χ0) is 15.5. The Kier molecular flexibility index (Phi) is 2.14. The summed E-state index contributed by atoms with van der Waals surface area (Å²) < 4.78 is 61.2. The minimum Gasteiger partial charge on any atom is -0.454 e. The quantitative estimate of drug-likeness (QED) is 0.585. The van der Waals surface area contributed by atoms with Gasteiger partial charge in [-0.1, -0.05) is 0 Å². The van der Waals surface area contributed by atoms with Gasteiger partial charge in [-0.15, -0.1) is 0 Å². The highest BCUT2D eigenvalue weighted by Gasteiger charge is 2.85. The summed E-state index contributed by atoms with van der Waals surface area (Å²) in [6.07, 6.45) is 2.21. The second kappa shape index (κ2) is 3.26. The lowest BCUT2D eigenvalue weighted by atomic mass is 9.36. The van der Waals surface area contributed by atoms with E-state index in [0.717, 1.165) is 6.42 Å². The smallest absolute Gasteiger partial charge is 0.454 e. The summed E-state index contributed by atoms with van der Waals surface area (Å²) in [6.45, 7) is 0. The number of hydrogen-bond donors (Lipinski definition) is 2. The van der Waals surface area contributed by atoms with Crippen LogP contribution in [0.2, 0.25) is 0 Å². The molecule has 6 nitrogen and oxygen atoms in total. The van der Waals surface area contributed by atoms with E-state index < -0.39 is 32.5 Å². The third-order valence-corrected chi connectivity index (χ3v) is 7.01. The topological polar surface area (TPSA) is 101 Å². The van der Waals surface area contributed by atoms with E-state index in [0.29, 0.717) is 25.2 Å². The number of ether oxygens (including phenoxy) is 1. The molecule has 21 heavy (non-hydrogen) atoms. The van der Waals surface area contributed by atoms with Gasteiger partial charge < -0.3 is 9.84 Å². The van der Waals surface area contributed by atoms with Crippen molar-refractivity contribution in [2.75, 3.05) is 0 Å². The lowest BCUT2D eigenvalue weighted by Gasteiger charge is -2.70. The van der Waals surface area contributed by atoms with Gasteiger partial charge in [0, 0.05) is 11.8 Å². The molecule has 9 heteroatoms. The van der Waals surface area contributed by atoms with Gasteiger partial charge in [-0.25, -0.2) is 4.79 Å². The molecule has 0 saturated heterocycles. The van der Waals surface area contributed by atoms with Crippen LogP contribution in [0, 0.1) is 17.3 Å². The zero-order valence-electron chi connectivity index (χ0n) is 10.9. The van der Waals surface area contributed by atoms with Crippen LogP contribution in [-0.4, -0.2) is 40.5 Å². The maximum atomic E-state index is 13.3. The standard InChI is InChI=1S/C12H14F2O6S/c13-12(14,21(17,18)19)8(15)20-9-2-6-1-7-3-10(16,4-9)11(6,7)5-9/h6-7,16H,1-5H2,(H,17,18,19). The average molecular weight is 324 g/mol. The second-order valence-electron chi connectivity index (χ2n) is 7.03. The molecule has 0 aromatic heterocycles. The van der Waals surface area contributed by atoms with E-state index in [4.69, 9.17) is 9.29 Å². The average Bonchev–Trinajstić information content (AvgIpc) is 2.70. The molecule has 2 N–H and O–H groups in total. The number of carbonyl (C=O) groups excluding carboxylic acids is 1. The summed E-state index contributed by atoms with van der Waals surface area (Å²) in [5.41, 5.74) is -2.54. The molecule has 5 atom stereocenters. The van der Waals surface area contributed by atoms with Gasteiger partial charge in [-0.2, -0.15) is 17.2 Å². The van der Waals surface area contributed by atoms with Crippen LogP contribution < -0.4 is 0 Å². The van der Waals surface area contributed by atoms with Gasteiger partial charge >= 0.3 is 21.3 Å². The van der Waals surface area contributed by atoms with E-state index in [-0.39, 0.29) is 17.8 Å². The summed E-state index contributed by atoms with van der Waals surface area (Å²) in [7, 11) is -5.87. The fraction of sp³-hybridized carbons (Fsp3) is 0.917. The first kappa shape index (κ1) is 13.8. The number of esters is 1. The summed E-state index contributed by atoms with van der Waals surface area (Å²) in [6, 6.07) is 0. The van der Waals surface area contributed by atoms with Gasteiger partial charge in [0.15, 0.2) is 0 Å². The lowest BCUT2D eigenvalue weighted by Crippen LogP contribution is -2.71. The molecule has 2 bridgehead atoms. The highest BCUT2D eigenvalue weighted by molar-refractivity contribution is 7.87. The molecule has 0 aromatic carbocycles. The van der Waals surface area contributed by atoms with Gasteiger partial charge in [0.25, 0.3) is 0 Å². The summed E-state index contributed by atoms with van der Waals surface area (Å²) in [5.74, 6) is -1.77. The first-order valence-corrected chi connectivity index (χ1v) is 8.21. The highest BCUT2D eigenvalue weighted by atomic mass is 32.2. The largest absolute Gasteiger partial charge is 0.465 e. The van der Waals surface area contributed by atoms with Crippen LogP contribution in [0.1, 0.15) is 32.1 Å². The molecule has 0 heterocycles. The van der Waals surface area contributed by atoms with E-state index >= 15 is 0 Å².